The molecule has 0 aromatic carbocycles. The van der Waals surface area contributed by atoms with Gasteiger partial charge < -0.3 is 5.32 Å². The summed E-state index contributed by atoms with van der Waals surface area (Å²) in [5.74, 6) is 0.530. The van der Waals surface area contributed by atoms with Gasteiger partial charge in [-0.1, -0.05) is 13.8 Å². The first-order valence-electron chi connectivity index (χ1n) is 4.32. The summed E-state index contributed by atoms with van der Waals surface area (Å²) in [6.07, 6.45) is 0.594. The molecule has 1 aliphatic heterocycles. The Morgan fingerprint density at radius 2 is 2.50 bits per heavy atom. The number of nitrogens with one attached hydrogen (secondary N) is 2. The van der Waals surface area contributed by atoms with Crippen LogP contribution in [-0.4, -0.2) is 25.1 Å². The Labute approximate surface area is 72.6 Å². The van der Waals surface area contributed by atoms with Gasteiger partial charge in [-0.25, -0.2) is 5.48 Å². The summed E-state index contributed by atoms with van der Waals surface area (Å²) in [6, 6.07) is 0.149. The predicted molar refractivity (Wildman–Crippen MR) is 45.3 cm³/mol. The Morgan fingerprint density at radius 3 is 3.00 bits per heavy atom. The Morgan fingerprint density at radius 1 is 1.75 bits per heavy atom. The third-order valence-electron chi connectivity index (χ3n) is 1.68. The molecule has 1 amide bonds. The van der Waals surface area contributed by atoms with Gasteiger partial charge in [0.2, 0.25) is 5.91 Å². The minimum Gasteiger partial charge on any atom is -0.350 e. The van der Waals surface area contributed by atoms with Crippen molar-refractivity contribution >= 4 is 5.91 Å². The number of rotatable bonds is 3. The van der Waals surface area contributed by atoms with Crippen molar-refractivity contribution in [2.45, 2.75) is 26.3 Å². The van der Waals surface area contributed by atoms with Crippen LogP contribution in [0.1, 0.15) is 20.3 Å². The summed E-state index contributed by atoms with van der Waals surface area (Å²) in [5.41, 5.74) is 2.72. The van der Waals surface area contributed by atoms with Gasteiger partial charge in [0.05, 0.1) is 12.6 Å². The molecule has 1 fully saturated rings. The minimum absolute atomic E-state index is 0.113. The number of amides is 1. The third-order valence-corrected chi connectivity index (χ3v) is 1.68. The van der Waals surface area contributed by atoms with Crippen LogP contribution < -0.4 is 10.8 Å². The van der Waals surface area contributed by atoms with Crippen LogP contribution in [0.15, 0.2) is 0 Å². The van der Waals surface area contributed by atoms with Gasteiger partial charge in [-0.3, -0.25) is 9.63 Å². The second-order valence-electron chi connectivity index (χ2n) is 3.52. The van der Waals surface area contributed by atoms with E-state index in [1.54, 1.807) is 0 Å². The highest BCUT2D eigenvalue weighted by molar-refractivity contribution is 5.76. The van der Waals surface area contributed by atoms with E-state index in [9.17, 15) is 4.79 Å². The van der Waals surface area contributed by atoms with Gasteiger partial charge in [-0.15, -0.1) is 0 Å². The quantitative estimate of drug-likeness (QED) is 0.632. The lowest BCUT2D eigenvalue weighted by molar-refractivity contribution is -0.122. The Hall–Kier alpha value is -0.610. The normalized spacial score (nSPS) is 23.1. The van der Waals surface area contributed by atoms with Gasteiger partial charge in [-0.2, -0.15) is 0 Å². The summed E-state index contributed by atoms with van der Waals surface area (Å²) >= 11 is 0. The summed E-state index contributed by atoms with van der Waals surface area (Å²) in [4.78, 5) is 16.1. The van der Waals surface area contributed by atoms with Crippen molar-refractivity contribution in [3.63, 3.8) is 0 Å². The average Bonchev–Trinajstić information content (AvgIpc) is 2.37. The van der Waals surface area contributed by atoms with Crippen molar-refractivity contribution in [2.24, 2.45) is 5.92 Å². The van der Waals surface area contributed by atoms with E-state index in [0.29, 0.717) is 25.5 Å². The Balaban J connectivity index is 2.16. The van der Waals surface area contributed by atoms with Crippen LogP contribution in [0.4, 0.5) is 0 Å². The number of carbonyl (C=O) groups excluding carboxylic acids is 1. The second-order valence-corrected chi connectivity index (χ2v) is 3.52. The predicted octanol–water partition coefficient (Wildman–Crippen LogP) is 0.0521. The fourth-order valence-corrected chi connectivity index (χ4v) is 1.13. The van der Waals surface area contributed by atoms with Crippen LogP contribution >= 0.6 is 0 Å². The molecular weight excluding hydrogens is 156 g/mol. The zero-order valence-electron chi connectivity index (χ0n) is 7.59. The van der Waals surface area contributed by atoms with Crippen LogP contribution in [0.2, 0.25) is 0 Å². The SMILES string of the molecule is CC(C)CC(=O)N[C@H]1CNOC1. The van der Waals surface area contributed by atoms with E-state index in [1.165, 1.54) is 0 Å². The van der Waals surface area contributed by atoms with E-state index in [2.05, 4.69) is 10.8 Å². The summed E-state index contributed by atoms with van der Waals surface area (Å²) in [6.45, 7) is 5.35. The van der Waals surface area contributed by atoms with E-state index in [0.717, 1.165) is 0 Å². The van der Waals surface area contributed by atoms with Crippen molar-refractivity contribution < 1.29 is 9.63 Å². The van der Waals surface area contributed by atoms with Gasteiger partial charge in [0, 0.05) is 13.0 Å². The van der Waals surface area contributed by atoms with E-state index in [-0.39, 0.29) is 11.9 Å². The molecule has 0 aliphatic carbocycles. The van der Waals surface area contributed by atoms with Crippen molar-refractivity contribution in [1.29, 1.82) is 0 Å². The molecule has 12 heavy (non-hydrogen) atoms. The molecule has 1 heterocycles. The minimum atomic E-state index is 0.113. The maximum atomic E-state index is 11.2. The molecule has 0 saturated carbocycles. The van der Waals surface area contributed by atoms with Gasteiger partial charge in [0.25, 0.3) is 0 Å². The number of hydrogen-bond acceptors (Lipinski definition) is 3. The van der Waals surface area contributed by atoms with Gasteiger partial charge in [0.15, 0.2) is 0 Å². The fourth-order valence-electron chi connectivity index (χ4n) is 1.13. The molecule has 1 aliphatic rings. The summed E-state index contributed by atoms with van der Waals surface area (Å²) < 4.78 is 0. The lowest BCUT2D eigenvalue weighted by Gasteiger charge is -2.10. The van der Waals surface area contributed by atoms with Crippen LogP contribution in [-0.2, 0) is 9.63 Å². The molecule has 1 atom stereocenters. The molecule has 0 unspecified atom stereocenters. The second kappa shape index (κ2) is 4.42. The van der Waals surface area contributed by atoms with Crippen LogP contribution in [0.3, 0.4) is 0 Å². The monoisotopic (exact) mass is 172 g/mol. The molecule has 2 N–H and O–H groups in total. The largest absolute Gasteiger partial charge is 0.350 e. The number of hydrogen-bond donors (Lipinski definition) is 2. The molecule has 4 nitrogen and oxygen atoms in total. The lowest BCUT2D eigenvalue weighted by Crippen LogP contribution is -2.38. The first-order valence-corrected chi connectivity index (χ1v) is 4.32. The first-order chi connectivity index (χ1) is 5.68. The van der Waals surface area contributed by atoms with E-state index < -0.39 is 0 Å². The van der Waals surface area contributed by atoms with Gasteiger partial charge in [-0.05, 0) is 5.92 Å². The standard InChI is InChI=1S/C8H16N2O2/c1-6(2)3-8(11)10-7-4-9-12-5-7/h6-7,9H,3-5H2,1-2H3,(H,10,11)/t7-/m0/s1. The first kappa shape index (κ1) is 9.48. The fraction of sp³-hybridized carbons (Fsp3) is 0.875. The highest BCUT2D eigenvalue weighted by Crippen LogP contribution is 2.00. The molecule has 1 rings (SSSR count). The van der Waals surface area contributed by atoms with Crippen LogP contribution in [0.5, 0.6) is 0 Å². The smallest absolute Gasteiger partial charge is 0.220 e. The molecule has 0 aromatic heterocycles. The Bertz CT molecular complexity index is 153. The molecule has 1 saturated heterocycles. The zero-order valence-corrected chi connectivity index (χ0v) is 7.59. The summed E-state index contributed by atoms with van der Waals surface area (Å²) in [5, 5.41) is 2.88. The van der Waals surface area contributed by atoms with E-state index in [4.69, 9.17) is 4.84 Å². The van der Waals surface area contributed by atoms with Gasteiger partial charge >= 0.3 is 0 Å². The van der Waals surface area contributed by atoms with Crippen molar-refractivity contribution in [3.8, 4) is 0 Å². The maximum absolute atomic E-state index is 11.2. The average molecular weight is 172 g/mol. The molecular formula is C8H16N2O2. The maximum Gasteiger partial charge on any atom is 0.220 e. The molecule has 4 heteroatoms. The van der Waals surface area contributed by atoms with Crippen LogP contribution in [0, 0.1) is 5.92 Å². The van der Waals surface area contributed by atoms with Crippen molar-refractivity contribution in [3.05, 3.63) is 0 Å². The zero-order chi connectivity index (χ0) is 8.97. The number of carbonyl (C=O) groups is 1. The molecule has 0 radical (unpaired) electrons. The Kier molecular flexibility index (Phi) is 3.49. The topological polar surface area (TPSA) is 50.4 Å². The van der Waals surface area contributed by atoms with E-state index >= 15 is 0 Å². The van der Waals surface area contributed by atoms with Gasteiger partial charge in [0.1, 0.15) is 0 Å². The summed E-state index contributed by atoms with van der Waals surface area (Å²) in [7, 11) is 0. The van der Waals surface area contributed by atoms with Crippen molar-refractivity contribution in [2.75, 3.05) is 13.2 Å². The van der Waals surface area contributed by atoms with Crippen molar-refractivity contribution in [1.82, 2.24) is 10.8 Å². The molecule has 0 aromatic rings. The van der Waals surface area contributed by atoms with E-state index in [1.807, 2.05) is 13.8 Å². The van der Waals surface area contributed by atoms with Crippen LogP contribution in [0.25, 0.3) is 0 Å². The number of hydroxylamine groups is 1. The lowest BCUT2D eigenvalue weighted by atomic mass is 10.1. The third kappa shape index (κ3) is 3.19. The molecule has 0 bridgehead atoms. The molecule has 0 spiro atoms. The highest BCUT2D eigenvalue weighted by Gasteiger charge is 2.17. The molecule has 70 valence electrons. The highest BCUT2D eigenvalue weighted by atomic mass is 16.7.